The van der Waals surface area contributed by atoms with Gasteiger partial charge in [0, 0.05) is 43.7 Å². The topological polar surface area (TPSA) is 155 Å². The van der Waals surface area contributed by atoms with Crippen LogP contribution < -0.4 is 10.6 Å². The van der Waals surface area contributed by atoms with Crippen LogP contribution in [0, 0.1) is 35.5 Å². The summed E-state index contributed by atoms with van der Waals surface area (Å²) >= 11 is 0. The number of rotatable bonds is 26. The second-order valence-corrected chi connectivity index (χ2v) is 14.4. The van der Waals surface area contributed by atoms with Gasteiger partial charge in [-0.3, -0.25) is 24.0 Å². The van der Waals surface area contributed by atoms with Crippen molar-refractivity contribution < 1.29 is 33.0 Å². The number of nitriles is 1. The highest BCUT2D eigenvalue weighted by atomic mass is 31.2. The van der Waals surface area contributed by atoms with Crippen LogP contribution in [0.3, 0.4) is 0 Å². The van der Waals surface area contributed by atoms with Gasteiger partial charge in [0.25, 0.3) is 8.53 Å². The first-order valence-corrected chi connectivity index (χ1v) is 18.2. The third kappa shape index (κ3) is 18.8. The number of hydrogen-bond donors (Lipinski definition) is 2. The minimum Gasteiger partial charge on any atom is -0.349 e. The zero-order chi connectivity index (χ0) is 36.8. The maximum Gasteiger partial charge on any atom is 0.259 e. The van der Waals surface area contributed by atoms with E-state index >= 15 is 0 Å². The number of nitrogens with zero attached hydrogens (tertiary/aromatic N) is 2. The van der Waals surface area contributed by atoms with Crippen molar-refractivity contribution in [3.05, 3.63) is 35.9 Å². The zero-order valence-electron chi connectivity index (χ0n) is 30.0. The summed E-state index contributed by atoms with van der Waals surface area (Å²) in [7, 11) is -1.40. The van der Waals surface area contributed by atoms with E-state index in [4.69, 9.17) is 20.7 Å². The molecule has 1 aromatic rings. The van der Waals surface area contributed by atoms with Crippen molar-refractivity contribution in [2.45, 2.75) is 117 Å². The Hall–Kier alpha value is -3.47. The maximum absolute atomic E-state index is 13.6. The van der Waals surface area contributed by atoms with Gasteiger partial charge in [0.05, 0.1) is 44.7 Å². The van der Waals surface area contributed by atoms with Crippen LogP contribution in [-0.2, 0) is 39.4 Å². The molecule has 0 aliphatic rings. The Kier molecular flexibility index (Phi) is 21.9. The molecule has 0 bridgehead atoms. The van der Waals surface area contributed by atoms with Crippen LogP contribution in [0.1, 0.15) is 98.5 Å². The number of terminal acetylenes is 1. The molecule has 1 aromatic carbocycles. The molecule has 0 spiro atoms. The number of amides is 2. The average molecular weight is 699 g/mol. The van der Waals surface area contributed by atoms with Gasteiger partial charge in [0.15, 0.2) is 11.6 Å². The molecule has 11 nitrogen and oxygen atoms in total. The summed E-state index contributed by atoms with van der Waals surface area (Å²) in [5, 5.41) is 14.4. The number of Topliss-reactive ketones (excluding diaryl/α,β-unsaturated/α-hetero) is 3. The normalized spacial score (nSPS) is 13.1. The Morgan fingerprint density at radius 1 is 0.918 bits per heavy atom. The van der Waals surface area contributed by atoms with Crippen LogP contribution in [0.4, 0.5) is 0 Å². The van der Waals surface area contributed by atoms with E-state index in [1.165, 1.54) is 0 Å². The first-order valence-electron chi connectivity index (χ1n) is 17.1. The third-order valence-electron chi connectivity index (χ3n) is 7.43. The van der Waals surface area contributed by atoms with Crippen LogP contribution in [0.15, 0.2) is 30.3 Å². The molecular weight excluding hydrogens is 643 g/mol. The number of hydrogen-bond acceptors (Lipinski definition) is 9. The van der Waals surface area contributed by atoms with Crippen molar-refractivity contribution >= 4 is 37.7 Å². The van der Waals surface area contributed by atoms with Crippen LogP contribution in [0.5, 0.6) is 0 Å². The van der Waals surface area contributed by atoms with E-state index in [1.807, 2.05) is 71.9 Å². The van der Waals surface area contributed by atoms with Gasteiger partial charge in [0.2, 0.25) is 11.8 Å². The van der Waals surface area contributed by atoms with E-state index in [2.05, 4.69) is 27.3 Å². The summed E-state index contributed by atoms with van der Waals surface area (Å²) in [5.41, 5.74) is 0.839. The summed E-state index contributed by atoms with van der Waals surface area (Å²) in [5.74, 6) is 0.141. The Morgan fingerprint density at radius 2 is 1.57 bits per heavy atom. The largest absolute Gasteiger partial charge is 0.349 e. The SMILES string of the molecule is C#CCC(=O)CCC(=O)NC(Cc1ccccc1)C(=O)CC(CC(C)C)C(=O)NCC(=O)CCCOP(OCCC#N)N(C(C)C)C(C)C. The fraction of sp³-hybridized carbons (Fsp3) is 0.622. The Bertz CT molecular complexity index is 1270. The molecule has 1 rings (SSSR count). The molecule has 0 aliphatic carbocycles. The molecular formula is C37H55N4O7P. The van der Waals surface area contributed by atoms with Crippen LogP contribution in [0.2, 0.25) is 0 Å². The Labute approximate surface area is 294 Å². The van der Waals surface area contributed by atoms with Crippen molar-refractivity contribution in [1.82, 2.24) is 15.3 Å². The highest BCUT2D eigenvalue weighted by Crippen LogP contribution is 2.46. The van der Waals surface area contributed by atoms with Gasteiger partial charge < -0.3 is 19.7 Å². The molecule has 0 aromatic heterocycles. The molecule has 2 amide bonds. The summed E-state index contributed by atoms with van der Waals surface area (Å²) < 4.78 is 14.0. The van der Waals surface area contributed by atoms with Crippen molar-refractivity contribution in [1.29, 1.82) is 5.26 Å². The van der Waals surface area contributed by atoms with E-state index in [0.29, 0.717) is 12.8 Å². The average Bonchev–Trinajstić information content (AvgIpc) is 3.04. The van der Waals surface area contributed by atoms with Gasteiger partial charge in [-0.25, -0.2) is 4.67 Å². The molecule has 0 fully saturated rings. The molecule has 0 heterocycles. The van der Waals surface area contributed by atoms with Gasteiger partial charge in [-0.1, -0.05) is 50.1 Å². The minimum absolute atomic E-state index is 0.0211. The molecule has 0 saturated carbocycles. The standard InChI is InChI=1S/C37H55N4O7P/c1-8-14-32(42)18-19-36(45)40-34(24-30-15-10-9-11-16-30)35(44)25-31(23-27(2)3)37(46)39-26-33(43)17-12-21-47-49(48-22-13-20-38)41(28(4)5)29(6)7/h1,9-11,15-16,27-29,31,34H,12-14,17-19,21-26H2,2-7H3,(H,39,46)(H,40,45). The molecule has 49 heavy (non-hydrogen) atoms. The van der Waals surface area contributed by atoms with E-state index in [0.717, 1.165) is 5.56 Å². The highest BCUT2D eigenvalue weighted by molar-refractivity contribution is 7.44. The second kappa shape index (κ2) is 24.6. The number of carbonyl (C=O) groups excluding carboxylic acids is 5. The van der Waals surface area contributed by atoms with E-state index in [-0.39, 0.29) is 100 Å². The molecule has 3 atom stereocenters. The third-order valence-corrected chi connectivity index (χ3v) is 9.54. The number of ketones is 3. The summed E-state index contributed by atoms with van der Waals surface area (Å²) in [6.45, 7) is 12.5. The molecule has 12 heteroatoms. The van der Waals surface area contributed by atoms with Crippen LogP contribution in [-0.4, -0.2) is 71.7 Å². The summed E-state index contributed by atoms with van der Waals surface area (Å²) in [6.07, 6.45) is 6.43. The highest BCUT2D eigenvalue weighted by Gasteiger charge is 2.29. The van der Waals surface area contributed by atoms with Crippen LogP contribution >= 0.6 is 8.53 Å². The Balaban J connectivity index is 2.81. The molecule has 0 saturated heterocycles. The lowest BCUT2D eigenvalue weighted by atomic mass is 9.88. The summed E-state index contributed by atoms with van der Waals surface area (Å²) in [6, 6.07) is 10.7. The first-order chi connectivity index (χ1) is 23.3. The summed E-state index contributed by atoms with van der Waals surface area (Å²) in [4.78, 5) is 64.1. The van der Waals surface area contributed by atoms with Crippen molar-refractivity contribution in [3.8, 4) is 18.4 Å². The van der Waals surface area contributed by atoms with E-state index in [9.17, 15) is 24.0 Å². The second-order valence-electron chi connectivity index (χ2n) is 13.0. The molecule has 2 N–H and O–H groups in total. The van der Waals surface area contributed by atoms with Crippen molar-refractivity contribution in [2.24, 2.45) is 11.8 Å². The maximum atomic E-state index is 13.6. The van der Waals surface area contributed by atoms with E-state index < -0.39 is 32.3 Å². The van der Waals surface area contributed by atoms with E-state index in [1.54, 1.807) is 0 Å². The van der Waals surface area contributed by atoms with Gasteiger partial charge in [-0.2, -0.15) is 5.26 Å². The van der Waals surface area contributed by atoms with Gasteiger partial charge in [0.1, 0.15) is 5.78 Å². The van der Waals surface area contributed by atoms with Crippen molar-refractivity contribution in [2.75, 3.05) is 19.8 Å². The number of carbonyl (C=O) groups is 5. The molecule has 270 valence electrons. The minimum atomic E-state index is -1.40. The number of nitrogens with one attached hydrogen (secondary N) is 2. The number of benzene rings is 1. The van der Waals surface area contributed by atoms with Crippen molar-refractivity contribution in [3.63, 3.8) is 0 Å². The fourth-order valence-electron chi connectivity index (χ4n) is 5.20. The first kappa shape index (κ1) is 43.6. The van der Waals surface area contributed by atoms with Gasteiger partial charge >= 0.3 is 0 Å². The quantitative estimate of drug-likeness (QED) is 0.0729. The monoisotopic (exact) mass is 698 g/mol. The Morgan fingerprint density at radius 3 is 2.16 bits per heavy atom. The zero-order valence-corrected chi connectivity index (χ0v) is 30.9. The van der Waals surface area contributed by atoms with Gasteiger partial charge in [-0.05, 0) is 58.4 Å². The van der Waals surface area contributed by atoms with Gasteiger partial charge in [-0.15, -0.1) is 6.42 Å². The molecule has 0 radical (unpaired) electrons. The lowest BCUT2D eigenvalue weighted by Crippen LogP contribution is -2.44. The lowest BCUT2D eigenvalue weighted by Gasteiger charge is -2.35. The fourth-order valence-corrected chi connectivity index (χ4v) is 6.83. The lowest BCUT2D eigenvalue weighted by molar-refractivity contribution is -0.133. The predicted octanol–water partition coefficient (Wildman–Crippen LogP) is 5.47. The predicted molar refractivity (Wildman–Crippen MR) is 191 cm³/mol. The smallest absolute Gasteiger partial charge is 0.259 e. The molecule has 3 unspecified atom stereocenters. The molecule has 0 aliphatic heterocycles. The van der Waals surface area contributed by atoms with Crippen LogP contribution in [0.25, 0.3) is 0 Å².